The molecule has 0 fully saturated rings. The second kappa shape index (κ2) is 6.93. The van der Waals surface area contributed by atoms with Gasteiger partial charge in [0.1, 0.15) is 23.5 Å². The van der Waals surface area contributed by atoms with Crippen LogP contribution in [0.15, 0.2) is 54.6 Å². The Bertz CT molecular complexity index is 1220. The lowest BCUT2D eigenvalue weighted by atomic mass is 10.0. The number of H-pyrrole nitrogens is 1. The maximum atomic E-state index is 13.4. The smallest absolute Gasteiger partial charge is 0.149 e. The molecule has 0 spiro atoms. The molecule has 0 saturated carbocycles. The van der Waals surface area contributed by atoms with Crippen LogP contribution in [0.3, 0.4) is 0 Å². The minimum atomic E-state index is -0.349. The van der Waals surface area contributed by atoms with Crippen molar-refractivity contribution >= 4 is 33.5 Å². The third-order valence-corrected chi connectivity index (χ3v) is 4.34. The molecule has 4 rings (SSSR count). The Labute approximate surface area is 155 Å². The van der Waals surface area contributed by atoms with Gasteiger partial charge in [-0.3, -0.25) is 0 Å². The molecule has 0 atom stereocenters. The number of hydrogen-bond acceptors (Lipinski definition) is 3. The van der Waals surface area contributed by atoms with Crippen molar-refractivity contribution in [3.05, 3.63) is 71.8 Å². The molecule has 4 nitrogen and oxygen atoms in total. The van der Waals surface area contributed by atoms with Crippen LogP contribution >= 0.6 is 0 Å². The van der Waals surface area contributed by atoms with Crippen LogP contribution in [0.4, 0.5) is 4.39 Å². The Morgan fingerprint density at radius 1 is 1.19 bits per heavy atom. The van der Waals surface area contributed by atoms with Gasteiger partial charge in [0.2, 0.25) is 0 Å². The average molecular weight is 357 g/mol. The first kappa shape index (κ1) is 16.8. The van der Waals surface area contributed by atoms with E-state index in [1.807, 2.05) is 43.3 Å². The van der Waals surface area contributed by atoms with Crippen LogP contribution in [-0.2, 0) is 0 Å². The van der Waals surface area contributed by atoms with E-state index in [-0.39, 0.29) is 5.82 Å². The molecule has 4 aromatic rings. The standard InChI is InChI=1S/C22H16FN3O/c1-2-27-21-10-7-14(17-5-3-4-6-18(17)21)11-15(13-24)22-25-19-9-8-16(23)12-20(19)26-22/h3-12H,2H2,1H3,(H,25,26)/b15-11-. The minimum Gasteiger partial charge on any atom is -0.493 e. The van der Waals surface area contributed by atoms with E-state index in [1.54, 1.807) is 12.1 Å². The summed E-state index contributed by atoms with van der Waals surface area (Å²) in [5, 5.41) is 11.6. The monoisotopic (exact) mass is 357 g/mol. The van der Waals surface area contributed by atoms with Crippen molar-refractivity contribution in [3.63, 3.8) is 0 Å². The maximum Gasteiger partial charge on any atom is 0.149 e. The number of aromatic nitrogens is 2. The normalized spacial score (nSPS) is 11.7. The number of nitrogens with zero attached hydrogens (tertiary/aromatic N) is 2. The summed E-state index contributed by atoms with van der Waals surface area (Å²) in [5.41, 5.74) is 2.44. The first-order chi connectivity index (χ1) is 13.2. The molecule has 0 aliphatic heterocycles. The van der Waals surface area contributed by atoms with Gasteiger partial charge in [0.05, 0.1) is 23.2 Å². The lowest BCUT2D eigenvalue weighted by Crippen LogP contribution is -1.93. The van der Waals surface area contributed by atoms with Crippen LogP contribution in [-0.4, -0.2) is 16.6 Å². The van der Waals surface area contributed by atoms with Crippen molar-refractivity contribution in [1.82, 2.24) is 9.97 Å². The Balaban J connectivity index is 1.85. The molecule has 0 amide bonds. The van der Waals surface area contributed by atoms with E-state index in [1.165, 1.54) is 12.1 Å². The number of allylic oxidation sites excluding steroid dienone is 1. The van der Waals surface area contributed by atoms with Gasteiger partial charge in [-0.2, -0.15) is 5.26 Å². The summed E-state index contributed by atoms with van der Waals surface area (Å²) < 4.78 is 19.1. The highest BCUT2D eigenvalue weighted by Gasteiger charge is 2.11. The number of ether oxygens (including phenoxy) is 1. The van der Waals surface area contributed by atoms with Gasteiger partial charge in [0, 0.05) is 5.39 Å². The summed E-state index contributed by atoms with van der Waals surface area (Å²) in [6, 6.07) is 18.2. The van der Waals surface area contributed by atoms with Crippen LogP contribution in [0.25, 0.3) is 33.5 Å². The molecular weight excluding hydrogens is 341 g/mol. The van der Waals surface area contributed by atoms with E-state index in [4.69, 9.17) is 4.74 Å². The van der Waals surface area contributed by atoms with Crippen LogP contribution in [0, 0.1) is 17.1 Å². The Morgan fingerprint density at radius 3 is 2.78 bits per heavy atom. The molecule has 0 aliphatic rings. The average Bonchev–Trinajstić information content (AvgIpc) is 3.10. The van der Waals surface area contributed by atoms with E-state index >= 15 is 0 Å². The maximum absolute atomic E-state index is 13.4. The highest BCUT2D eigenvalue weighted by Crippen LogP contribution is 2.31. The molecule has 0 saturated heterocycles. The van der Waals surface area contributed by atoms with Gasteiger partial charge >= 0.3 is 0 Å². The third-order valence-electron chi connectivity index (χ3n) is 4.34. The van der Waals surface area contributed by atoms with Gasteiger partial charge in [-0.05, 0) is 48.2 Å². The van der Waals surface area contributed by atoms with Crippen LogP contribution in [0.2, 0.25) is 0 Å². The largest absolute Gasteiger partial charge is 0.493 e. The second-order valence-corrected chi connectivity index (χ2v) is 6.05. The van der Waals surface area contributed by atoms with Gasteiger partial charge in [0.15, 0.2) is 0 Å². The number of fused-ring (bicyclic) bond motifs is 2. The summed E-state index contributed by atoms with van der Waals surface area (Å²) >= 11 is 0. The van der Waals surface area contributed by atoms with E-state index in [9.17, 15) is 9.65 Å². The number of imidazole rings is 1. The predicted octanol–water partition coefficient (Wildman–Crippen LogP) is 5.32. The summed E-state index contributed by atoms with van der Waals surface area (Å²) in [7, 11) is 0. The molecule has 0 radical (unpaired) electrons. The van der Waals surface area contributed by atoms with E-state index in [2.05, 4.69) is 16.0 Å². The Kier molecular flexibility index (Phi) is 4.31. The highest BCUT2D eigenvalue weighted by atomic mass is 19.1. The molecule has 0 aliphatic carbocycles. The zero-order valence-corrected chi connectivity index (χ0v) is 14.7. The molecular formula is C22H16FN3O. The molecule has 1 aromatic heterocycles. The van der Waals surface area contributed by atoms with Crippen molar-refractivity contribution in [3.8, 4) is 11.8 Å². The quantitative estimate of drug-likeness (QED) is 0.503. The molecule has 0 unspecified atom stereocenters. The first-order valence-corrected chi connectivity index (χ1v) is 8.61. The number of rotatable bonds is 4. The molecule has 1 heterocycles. The summed E-state index contributed by atoms with van der Waals surface area (Å²) in [5.74, 6) is 0.872. The van der Waals surface area contributed by atoms with Gasteiger partial charge in [-0.15, -0.1) is 0 Å². The molecule has 5 heteroatoms. The lowest BCUT2D eigenvalue weighted by Gasteiger charge is -2.09. The van der Waals surface area contributed by atoms with Crippen LogP contribution in [0.5, 0.6) is 5.75 Å². The van der Waals surface area contributed by atoms with E-state index < -0.39 is 0 Å². The fourth-order valence-electron chi connectivity index (χ4n) is 3.12. The van der Waals surface area contributed by atoms with Crippen molar-refractivity contribution in [1.29, 1.82) is 5.26 Å². The van der Waals surface area contributed by atoms with Crippen LogP contribution < -0.4 is 4.74 Å². The number of benzene rings is 3. The third kappa shape index (κ3) is 3.13. The summed E-state index contributed by atoms with van der Waals surface area (Å²) in [6.07, 6.45) is 1.78. The fraction of sp³-hybridized carbons (Fsp3) is 0.0909. The fourth-order valence-corrected chi connectivity index (χ4v) is 3.12. The van der Waals surface area contributed by atoms with Crippen molar-refractivity contribution in [2.45, 2.75) is 6.92 Å². The van der Waals surface area contributed by atoms with Crippen molar-refractivity contribution in [2.75, 3.05) is 6.61 Å². The SMILES string of the molecule is CCOc1ccc(/C=C(/C#N)c2nc3ccc(F)cc3[nH]2)c2ccccc12. The lowest BCUT2D eigenvalue weighted by molar-refractivity contribution is 0.344. The zero-order chi connectivity index (χ0) is 18.8. The Morgan fingerprint density at radius 2 is 2.00 bits per heavy atom. The van der Waals surface area contributed by atoms with Gasteiger partial charge < -0.3 is 9.72 Å². The first-order valence-electron chi connectivity index (χ1n) is 8.61. The molecule has 132 valence electrons. The van der Waals surface area contributed by atoms with Gasteiger partial charge in [0.25, 0.3) is 0 Å². The van der Waals surface area contributed by atoms with Gasteiger partial charge in [-0.25, -0.2) is 9.37 Å². The summed E-state index contributed by atoms with van der Waals surface area (Å²) in [6.45, 7) is 2.53. The number of halogens is 1. The minimum absolute atomic E-state index is 0.349. The number of nitrogens with one attached hydrogen (secondary N) is 1. The molecule has 27 heavy (non-hydrogen) atoms. The second-order valence-electron chi connectivity index (χ2n) is 6.05. The van der Waals surface area contributed by atoms with Crippen molar-refractivity contribution < 1.29 is 9.13 Å². The predicted molar refractivity (Wildman–Crippen MR) is 105 cm³/mol. The van der Waals surface area contributed by atoms with E-state index in [0.717, 1.165) is 22.1 Å². The Hall–Kier alpha value is -3.65. The highest BCUT2D eigenvalue weighted by molar-refractivity contribution is 6.00. The summed E-state index contributed by atoms with van der Waals surface area (Å²) in [4.78, 5) is 7.43. The van der Waals surface area contributed by atoms with Gasteiger partial charge in [-0.1, -0.05) is 30.3 Å². The van der Waals surface area contributed by atoms with Crippen LogP contribution in [0.1, 0.15) is 18.3 Å². The van der Waals surface area contributed by atoms with Crippen molar-refractivity contribution in [2.24, 2.45) is 0 Å². The topological polar surface area (TPSA) is 61.7 Å². The molecule has 3 aromatic carbocycles. The van der Waals surface area contributed by atoms with E-state index in [0.29, 0.717) is 29.0 Å². The zero-order valence-electron chi connectivity index (χ0n) is 14.7. The number of hydrogen-bond donors (Lipinski definition) is 1. The molecule has 0 bridgehead atoms. The molecule has 1 N–H and O–H groups in total. The number of nitriles is 1. The number of aromatic amines is 1.